The van der Waals surface area contributed by atoms with E-state index in [0.717, 1.165) is 0 Å². The van der Waals surface area contributed by atoms with Gasteiger partial charge in [0.15, 0.2) is 0 Å². The predicted molar refractivity (Wildman–Crippen MR) is 82.6 cm³/mol. The molecule has 21 heavy (non-hydrogen) atoms. The van der Waals surface area contributed by atoms with Crippen LogP contribution in [0.25, 0.3) is 0 Å². The number of amides is 1. The van der Waals surface area contributed by atoms with Crippen molar-refractivity contribution in [1.82, 2.24) is 10.3 Å². The summed E-state index contributed by atoms with van der Waals surface area (Å²) in [6.45, 7) is 1.72. The monoisotopic (exact) mass is 324 g/mol. The van der Waals surface area contributed by atoms with E-state index < -0.39 is 12.1 Å². The first kappa shape index (κ1) is 15.8. The third-order valence-electron chi connectivity index (χ3n) is 3.03. The Bertz CT molecular complexity index is 632. The SMILES string of the molecule is CC(NC(=O)c1ccnc(Cl)c1)C(O)c1ccc(Cl)cc1. The van der Waals surface area contributed by atoms with E-state index in [0.29, 0.717) is 16.1 Å². The second kappa shape index (κ2) is 6.89. The molecule has 1 aromatic heterocycles. The Morgan fingerprint density at radius 3 is 2.52 bits per heavy atom. The number of hydrogen-bond donors (Lipinski definition) is 2. The minimum atomic E-state index is -0.830. The fraction of sp³-hybridized carbons (Fsp3) is 0.200. The fourth-order valence-electron chi connectivity index (χ4n) is 1.86. The van der Waals surface area contributed by atoms with Crippen molar-refractivity contribution in [2.24, 2.45) is 0 Å². The Labute approximate surface area is 132 Å². The van der Waals surface area contributed by atoms with Gasteiger partial charge in [0.05, 0.1) is 12.1 Å². The van der Waals surface area contributed by atoms with Crippen LogP contribution in [0.2, 0.25) is 10.2 Å². The molecule has 0 saturated carbocycles. The maximum Gasteiger partial charge on any atom is 0.251 e. The number of carbonyl (C=O) groups is 1. The largest absolute Gasteiger partial charge is 0.386 e. The van der Waals surface area contributed by atoms with E-state index in [4.69, 9.17) is 23.2 Å². The van der Waals surface area contributed by atoms with Gasteiger partial charge < -0.3 is 10.4 Å². The van der Waals surface area contributed by atoms with E-state index in [1.54, 1.807) is 37.3 Å². The average Bonchev–Trinajstić information content (AvgIpc) is 2.47. The Balaban J connectivity index is 2.05. The molecule has 0 aliphatic carbocycles. The molecule has 110 valence electrons. The van der Waals surface area contributed by atoms with Gasteiger partial charge in [-0.2, -0.15) is 0 Å². The van der Waals surface area contributed by atoms with Crippen molar-refractivity contribution in [2.75, 3.05) is 0 Å². The lowest BCUT2D eigenvalue weighted by Gasteiger charge is -2.20. The third-order valence-corrected chi connectivity index (χ3v) is 3.49. The maximum atomic E-state index is 12.1. The van der Waals surface area contributed by atoms with Crippen molar-refractivity contribution < 1.29 is 9.90 Å². The van der Waals surface area contributed by atoms with E-state index in [2.05, 4.69) is 10.3 Å². The molecule has 2 atom stereocenters. The number of aromatic nitrogens is 1. The normalized spacial score (nSPS) is 13.5. The Hall–Kier alpha value is -1.62. The summed E-state index contributed by atoms with van der Waals surface area (Å²) < 4.78 is 0. The lowest BCUT2D eigenvalue weighted by molar-refractivity contribution is 0.0852. The Kier molecular flexibility index (Phi) is 5.17. The summed E-state index contributed by atoms with van der Waals surface area (Å²) in [5.41, 5.74) is 1.07. The van der Waals surface area contributed by atoms with Crippen molar-refractivity contribution in [2.45, 2.75) is 19.1 Å². The number of benzene rings is 1. The number of aliphatic hydroxyl groups excluding tert-OH is 1. The van der Waals surface area contributed by atoms with E-state index in [9.17, 15) is 9.90 Å². The minimum Gasteiger partial charge on any atom is -0.386 e. The molecule has 0 bridgehead atoms. The highest BCUT2D eigenvalue weighted by atomic mass is 35.5. The average molecular weight is 325 g/mol. The van der Waals surface area contributed by atoms with Gasteiger partial charge in [-0.1, -0.05) is 35.3 Å². The van der Waals surface area contributed by atoms with Gasteiger partial charge in [-0.3, -0.25) is 4.79 Å². The summed E-state index contributed by atoms with van der Waals surface area (Å²) in [4.78, 5) is 15.9. The summed E-state index contributed by atoms with van der Waals surface area (Å²) >= 11 is 11.6. The summed E-state index contributed by atoms with van der Waals surface area (Å²) in [6.07, 6.45) is 0.626. The van der Waals surface area contributed by atoms with Crippen LogP contribution in [-0.2, 0) is 0 Å². The van der Waals surface area contributed by atoms with Gasteiger partial charge in [-0.25, -0.2) is 4.98 Å². The standard InChI is InChI=1S/C15H14Cl2N2O2/c1-9(14(20)10-2-4-12(16)5-3-10)19-15(21)11-6-7-18-13(17)8-11/h2-9,14,20H,1H3,(H,19,21). The number of aliphatic hydroxyl groups is 1. The molecule has 0 radical (unpaired) electrons. The van der Waals surface area contributed by atoms with Crippen LogP contribution in [0.5, 0.6) is 0 Å². The van der Waals surface area contributed by atoms with Gasteiger partial charge in [0.2, 0.25) is 0 Å². The molecule has 0 fully saturated rings. The highest BCUT2D eigenvalue weighted by Crippen LogP contribution is 2.19. The number of nitrogens with zero attached hydrogens (tertiary/aromatic N) is 1. The minimum absolute atomic E-state index is 0.244. The second-order valence-electron chi connectivity index (χ2n) is 4.63. The number of pyridine rings is 1. The smallest absolute Gasteiger partial charge is 0.251 e. The molecular formula is C15H14Cl2N2O2. The molecule has 6 heteroatoms. The van der Waals surface area contributed by atoms with Gasteiger partial charge in [0.25, 0.3) is 5.91 Å². The number of hydrogen-bond acceptors (Lipinski definition) is 3. The number of halogens is 2. The highest BCUT2D eigenvalue weighted by molar-refractivity contribution is 6.30. The van der Waals surface area contributed by atoms with Crippen molar-refractivity contribution in [1.29, 1.82) is 0 Å². The lowest BCUT2D eigenvalue weighted by atomic mass is 10.0. The first-order chi connectivity index (χ1) is 9.97. The van der Waals surface area contributed by atoms with E-state index in [-0.39, 0.29) is 11.1 Å². The molecule has 2 N–H and O–H groups in total. The molecule has 0 spiro atoms. The molecule has 1 aromatic carbocycles. The number of carbonyl (C=O) groups excluding carboxylic acids is 1. The predicted octanol–water partition coefficient (Wildman–Crippen LogP) is 3.24. The molecule has 4 nitrogen and oxygen atoms in total. The first-order valence-corrected chi connectivity index (χ1v) is 7.09. The summed E-state index contributed by atoms with van der Waals surface area (Å²) in [6, 6.07) is 9.39. The Morgan fingerprint density at radius 2 is 1.90 bits per heavy atom. The Morgan fingerprint density at radius 1 is 1.24 bits per heavy atom. The van der Waals surface area contributed by atoms with Gasteiger partial charge in [-0.05, 0) is 36.8 Å². The van der Waals surface area contributed by atoms with Crippen molar-refractivity contribution in [3.05, 3.63) is 63.9 Å². The van der Waals surface area contributed by atoms with E-state index in [1.165, 1.54) is 12.3 Å². The zero-order chi connectivity index (χ0) is 15.4. The highest BCUT2D eigenvalue weighted by Gasteiger charge is 2.19. The van der Waals surface area contributed by atoms with Crippen LogP contribution in [0.4, 0.5) is 0 Å². The summed E-state index contributed by atoms with van der Waals surface area (Å²) in [5.74, 6) is -0.320. The molecule has 2 aromatic rings. The molecule has 1 amide bonds. The summed E-state index contributed by atoms with van der Waals surface area (Å²) in [7, 11) is 0. The fourth-order valence-corrected chi connectivity index (χ4v) is 2.16. The van der Waals surface area contributed by atoms with Gasteiger partial charge in [0, 0.05) is 16.8 Å². The molecule has 0 saturated heterocycles. The van der Waals surface area contributed by atoms with E-state index in [1.807, 2.05) is 0 Å². The van der Waals surface area contributed by atoms with Gasteiger partial charge in [0.1, 0.15) is 5.15 Å². The van der Waals surface area contributed by atoms with Crippen molar-refractivity contribution in [3.63, 3.8) is 0 Å². The van der Waals surface area contributed by atoms with Crippen LogP contribution >= 0.6 is 23.2 Å². The zero-order valence-corrected chi connectivity index (χ0v) is 12.8. The second-order valence-corrected chi connectivity index (χ2v) is 5.45. The maximum absolute atomic E-state index is 12.1. The van der Waals surface area contributed by atoms with Crippen LogP contribution in [0, 0.1) is 0 Å². The quantitative estimate of drug-likeness (QED) is 0.849. The van der Waals surface area contributed by atoms with Crippen LogP contribution < -0.4 is 5.32 Å². The lowest BCUT2D eigenvalue weighted by Crippen LogP contribution is -2.37. The van der Waals surface area contributed by atoms with Crippen molar-refractivity contribution in [3.8, 4) is 0 Å². The molecule has 0 aliphatic heterocycles. The topological polar surface area (TPSA) is 62.2 Å². The molecule has 2 rings (SSSR count). The first-order valence-electron chi connectivity index (χ1n) is 6.33. The van der Waals surface area contributed by atoms with Gasteiger partial charge in [-0.15, -0.1) is 0 Å². The van der Waals surface area contributed by atoms with E-state index >= 15 is 0 Å². The van der Waals surface area contributed by atoms with Crippen LogP contribution in [-0.4, -0.2) is 22.0 Å². The van der Waals surface area contributed by atoms with Crippen molar-refractivity contribution >= 4 is 29.1 Å². The third kappa shape index (κ3) is 4.17. The zero-order valence-electron chi connectivity index (χ0n) is 11.3. The number of nitrogens with one attached hydrogen (secondary N) is 1. The van der Waals surface area contributed by atoms with Crippen LogP contribution in [0.1, 0.15) is 28.9 Å². The molecule has 1 heterocycles. The van der Waals surface area contributed by atoms with Crippen LogP contribution in [0.15, 0.2) is 42.6 Å². The molecular weight excluding hydrogens is 311 g/mol. The molecule has 0 aliphatic rings. The number of rotatable bonds is 4. The summed E-state index contributed by atoms with van der Waals surface area (Å²) in [5, 5.41) is 13.8. The van der Waals surface area contributed by atoms with Crippen LogP contribution in [0.3, 0.4) is 0 Å². The molecule has 2 unspecified atom stereocenters. The van der Waals surface area contributed by atoms with Gasteiger partial charge >= 0.3 is 0 Å².